The van der Waals surface area contributed by atoms with Crippen LogP contribution in [0.1, 0.15) is 64.2 Å². The molecule has 0 radical (unpaired) electrons. The fraction of sp³-hybridized carbons (Fsp3) is 0.846. The van der Waals surface area contributed by atoms with Gasteiger partial charge in [0.1, 0.15) is 4.32 Å². The average molecular weight is 306 g/mol. The van der Waals surface area contributed by atoms with E-state index in [0.29, 0.717) is 10.7 Å². The van der Waals surface area contributed by atoms with Gasteiger partial charge in [-0.15, -0.1) is 12.6 Å². The molecule has 0 aromatic carbocycles. The highest BCUT2D eigenvalue weighted by Crippen LogP contribution is 2.10. The number of rotatable bonds is 12. The Morgan fingerprint density at radius 3 is 1.89 bits per heavy atom. The second-order valence-electron chi connectivity index (χ2n) is 4.70. The third-order valence-electron chi connectivity index (χ3n) is 2.98. The minimum atomic E-state index is -0.283. The molecule has 3 N–H and O–H groups in total. The number of carbonyl (C=O) groups is 1. The van der Waals surface area contributed by atoms with Crippen molar-refractivity contribution < 1.29 is 10.0 Å². The van der Waals surface area contributed by atoms with Crippen LogP contribution in [0.5, 0.6) is 0 Å². The van der Waals surface area contributed by atoms with E-state index >= 15 is 0 Å². The SMILES string of the molecule is O=C(CCCCCCCCCCCNC(=S)S)NO. The summed E-state index contributed by atoms with van der Waals surface area (Å²) in [4.78, 5) is 10.7. The summed E-state index contributed by atoms with van der Waals surface area (Å²) in [6, 6.07) is 0. The molecule has 4 nitrogen and oxygen atoms in total. The topological polar surface area (TPSA) is 61.4 Å². The Morgan fingerprint density at radius 2 is 1.42 bits per heavy atom. The van der Waals surface area contributed by atoms with Crippen LogP contribution in [0, 0.1) is 0 Å². The van der Waals surface area contributed by atoms with Gasteiger partial charge in [-0.3, -0.25) is 10.0 Å². The van der Waals surface area contributed by atoms with E-state index in [9.17, 15) is 4.79 Å². The summed E-state index contributed by atoms with van der Waals surface area (Å²) < 4.78 is 0.579. The first-order valence-corrected chi connectivity index (χ1v) is 7.92. The van der Waals surface area contributed by atoms with Crippen molar-refractivity contribution in [2.45, 2.75) is 64.2 Å². The molecule has 0 saturated carbocycles. The minimum Gasteiger partial charge on any atom is -0.371 e. The van der Waals surface area contributed by atoms with Crippen molar-refractivity contribution in [3.63, 3.8) is 0 Å². The van der Waals surface area contributed by atoms with E-state index in [0.717, 1.165) is 25.8 Å². The fourth-order valence-corrected chi connectivity index (χ4v) is 2.11. The van der Waals surface area contributed by atoms with Gasteiger partial charge in [0.15, 0.2) is 0 Å². The van der Waals surface area contributed by atoms with Crippen LogP contribution in [-0.2, 0) is 4.79 Å². The maximum Gasteiger partial charge on any atom is 0.243 e. The van der Waals surface area contributed by atoms with Crippen LogP contribution in [0.25, 0.3) is 0 Å². The fourth-order valence-electron chi connectivity index (χ4n) is 1.90. The van der Waals surface area contributed by atoms with Crippen molar-refractivity contribution in [1.29, 1.82) is 0 Å². The molecule has 0 rings (SSSR count). The Balaban J connectivity index is 3.03. The van der Waals surface area contributed by atoms with E-state index in [2.05, 4.69) is 17.9 Å². The molecule has 0 aliphatic heterocycles. The van der Waals surface area contributed by atoms with Crippen LogP contribution in [0.4, 0.5) is 0 Å². The van der Waals surface area contributed by atoms with Gasteiger partial charge in [-0.2, -0.15) is 0 Å². The van der Waals surface area contributed by atoms with Gasteiger partial charge >= 0.3 is 0 Å². The third kappa shape index (κ3) is 15.6. The Kier molecular flexibility index (Phi) is 13.8. The van der Waals surface area contributed by atoms with Gasteiger partial charge in [-0.25, -0.2) is 5.48 Å². The summed E-state index contributed by atoms with van der Waals surface area (Å²) >= 11 is 8.80. The smallest absolute Gasteiger partial charge is 0.243 e. The van der Waals surface area contributed by atoms with Gasteiger partial charge < -0.3 is 5.32 Å². The first kappa shape index (κ1) is 18.7. The molecule has 19 heavy (non-hydrogen) atoms. The Bertz CT molecular complexity index is 251. The molecule has 0 aromatic heterocycles. The van der Waals surface area contributed by atoms with Gasteiger partial charge in [0, 0.05) is 13.0 Å². The molecule has 112 valence electrons. The van der Waals surface area contributed by atoms with E-state index in [1.165, 1.54) is 38.5 Å². The third-order valence-corrected chi connectivity index (χ3v) is 3.28. The molecule has 6 heteroatoms. The summed E-state index contributed by atoms with van der Waals surface area (Å²) in [5, 5.41) is 11.3. The predicted molar refractivity (Wildman–Crippen MR) is 85.7 cm³/mol. The van der Waals surface area contributed by atoms with E-state index in [1.807, 2.05) is 0 Å². The summed E-state index contributed by atoms with van der Waals surface area (Å²) in [7, 11) is 0. The second kappa shape index (κ2) is 14.1. The summed E-state index contributed by atoms with van der Waals surface area (Å²) in [6.45, 7) is 0.926. The molecular weight excluding hydrogens is 280 g/mol. The van der Waals surface area contributed by atoms with Gasteiger partial charge in [0.2, 0.25) is 5.91 Å². The first-order chi connectivity index (χ1) is 9.16. The van der Waals surface area contributed by atoms with Crippen LogP contribution < -0.4 is 10.8 Å². The van der Waals surface area contributed by atoms with E-state index in [-0.39, 0.29) is 5.91 Å². The number of amides is 1. The second-order valence-corrected chi connectivity index (χ2v) is 5.86. The number of carbonyl (C=O) groups excluding carboxylic acids is 1. The maximum atomic E-state index is 10.7. The zero-order chi connectivity index (χ0) is 14.3. The molecule has 0 fully saturated rings. The molecular formula is C13H26N2O2S2. The predicted octanol–water partition coefficient (Wildman–Crippen LogP) is 3.20. The molecule has 0 heterocycles. The molecule has 0 bridgehead atoms. The van der Waals surface area contributed by atoms with Gasteiger partial charge in [-0.1, -0.05) is 57.2 Å². The average Bonchev–Trinajstić information content (AvgIpc) is 2.39. The first-order valence-electron chi connectivity index (χ1n) is 7.06. The van der Waals surface area contributed by atoms with Gasteiger partial charge in [0.05, 0.1) is 0 Å². The maximum absolute atomic E-state index is 10.7. The van der Waals surface area contributed by atoms with Crippen LogP contribution >= 0.6 is 24.8 Å². The summed E-state index contributed by atoms with van der Waals surface area (Å²) in [5.41, 5.74) is 1.65. The lowest BCUT2D eigenvalue weighted by Crippen LogP contribution is -2.17. The largest absolute Gasteiger partial charge is 0.371 e. The van der Waals surface area contributed by atoms with Crippen molar-refractivity contribution in [3.8, 4) is 0 Å². The molecule has 0 unspecified atom stereocenters. The number of thiocarbonyl (C=S) groups is 1. The highest BCUT2D eigenvalue weighted by Gasteiger charge is 1.98. The number of nitrogens with one attached hydrogen (secondary N) is 2. The van der Waals surface area contributed by atoms with Crippen LogP contribution in [0.2, 0.25) is 0 Å². The van der Waals surface area contributed by atoms with Crippen LogP contribution in [-0.4, -0.2) is 22.0 Å². The van der Waals surface area contributed by atoms with Crippen molar-refractivity contribution in [3.05, 3.63) is 0 Å². The molecule has 0 aliphatic rings. The molecule has 0 aromatic rings. The Morgan fingerprint density at radius 1 is 0.947 bits per heavy atom. The molecule has 1 amide bonds. The molecule has 0 spiro atoms. The molecule has 0 saturated heterocycles. The summed E-state index contributed by atoms with van der Waals surface area (Å²) in [6.07, 6.45) is 11.0. The standard InChI is InChI=1S/C13H26N2O2S2/c16-12(15-17)10-8-6-4-2-1-3-5-7-9-11-14-13(18)19/h17H,1-11H2,(H,15,16)(H2,14,18,19). The van der Waals surface area contributed by atoms with E-state index < -0.39 is 0 Å². The van der Waals surface area contributed by atoms with E-state index in [1.54, 1.807) is 5.48 Å². The van der Waals surface area contributed by atoms with Gasteiger partial charge in [-0.05, 0) is 12.8 Å². The highest BCUT2D eigenvalue weighted by molar-refractivity contribution is 8.11. The molecule has 0 aliphatic carbocycles. The van der Waals surface area contributed by atoms with Crippen LogP contribution in [0.3, 0.4) is 0 Å². The normalized spacial score (nSPS) is 10.2. The van der Waals surface area contributed by atoms with Crippen LogP contribution in [0.15, 0.2) is 0 Å². The molecule has 0 atom stereocenters. The van der Waals surface area contributed by atoms with Crippen molar-refractivity contribution >= 4 is 35.1 Å². The van der Waals surface area contributed by atoms with Gasteiger partial charge in [0.25, 0.3) is 0 Å². The number of hydroxylamine groups is 1. The quantitative estimate of drug-likeness (QED) is 0.147. The number of unbranched alkanes of at least 4 members (excludes halogenated alkanes) is 8. The monoisotopic (exact) mass is 306 g/mol. The van der Waals surface area contributed by atoms with Crippen molar-refractivity contribution in [2.75, 3.05) is 6.54 Å². The highest BCUT2D eigenvalue weighted by atomic mass is 32.1. The number of hydrogen-bond acceptors (Lipinski definition) is 3. The lowest BCUT2D eigenvalue weighted by Gasteiger charge is -2.04. The minimum absolute atomic E-state index is 0.283. The summed E-state index contributed by atoms with van der Waals surface area (Å²) in [5.74, 6) is -0.283. The van der Waals surface area contributed by atoms with Crippen molar-refractivity contribution in [2.24, 2.45) is 0 Å². The lowest BCUT2D eigenvalue weighted by atomic mass is 10.1. The van der Waals surface area contributed by atoms with E-state index in [4.69, 9.17) is 17.4 Å². The Labute approximate surface area is 127 Å². The van der Waals surface area contributed by atoms with Crippen molar-refractivity contribution in [1.82, 2.24) is 10.8 Å². The number of thiol groups is 1. The zero-order valence-corrected chi connectivity index (χ0v) is 13.2. The Hall–Kier alpha value is -0.330. The number of hydrogen-bond donors (Lipinski definition) is 4. The zero-order valence-electron chi connectivity index (χ0n) is 11.5. The lowest BCUT2D eigenvalue weighted by molar-refractivity contribution is -0.129.